The smallest absolute Gasteiger partial charge is 0.242 e. The number of nitrogens with one attached hydrogen (secondary N) is 2. The molecule has 208 valence electrons. The second-order valence-electron chi connectivity index (χ2n) is 9.75. The predicted octanol–water partition coefficient (Wildman–Crippen LogP) is 6.21. The summed E-state index contributed by atoms with van der Waals surface area (Å²) < 4.78 is 31.0. The summed E-state index contributed by atoms with van der Waals surface area (Å²) in [6.45, 7) is 2.54. The van der Waals surface area contributed by atoms with E-state index in [1.807, 2.05) is 67.7 Å². The van der Waals surface area contributed by atoms with Crippen LogP contribution in [0.5, 0.6) is 0 Å². The molecule has 0 saturated heterocycles. The second-order valence-corrected chi connectivity index (χ2v) is 11.9. The van der Waals surface area contributed by atoms with Crippen LogP contribution in [0.4, 0.5) is 0 Å². The lowest BCUT2D eigenvalue weighted by Crippen LogP contribution is -2.32. The van der Waals surface area contributed by atoms with Crippen LogP contribution in [0.1, 0.15) is 34.7 Å². The number of para-hydroxylation sites is 1. The summed E-state index contributed by atoms with van der Waals surface area (Å²) in [4.78, 5) is 13.1. The number of sulfonamides is 1. The number of aryl methyl sites for hydroxylation is 1. The molecule has 7 nitrogen and oxygen atoms in total. The fraction of sp³-hybridized carbons (Fsp3) is 0.125. The van der Waals surface area contributed by atoms with Crippen LogP contribution < -0.4 is 10.1 Å². The van der Waals surface area contributed by atoms with Gasteiger partial charge in [-0.25, -0.2) is 18.6 Å². The lowest BCUT2D eigenvalue weighted by atomic mass is 10.0. The third-order valence-electron chi connectivity index (χ3n) is 6.70. The van der Waals surface area contributed by atoms with Crippen molar-refractivity contribution in [2.75, 3.05) is 0 Å². The van der Waals surface area contributed by atoms with Crippen molar-refractivity contribution in [3.05, 3.63) is 137 Å². The maximum atomic E-state index is 13.1. The molecule has 0 aliphatic heterocycles. The summed E-state index contributed by atoms with van der Waals surface area (Å²) >= 11 is 6.04. The third kappa shape index (κ3) is 7.10. The van der Waals surface area contributed by atoms with Crippen LogP contribution in [-0.2, 0) is 21.4 Å². The summed E-state index contributed by atoms with van der Waals surface area (Å²) in [5.74, 6) is -0.424. The molecule has 0 spiro atoms. The van der Waals surface area contributed by atoms with E-state index >= 15 is 0 Å². The molecule has 0 radical (unpaired) electrons. The van der Waals surface area contributed by atoms with E-state index in [4.69, 9.17) is 11.6 Å². The van der Waals surface area contributed by atoms with Crippen molar-refractivity contribution in [2.45, 2.75) is 30.8 Å². The molecule has 9 heteroatoms. The number of hydrazone groups is 1. The molecular formula is C32H29ClN4O3S. The van der Waals surface area contributed by atoms with Crippen LogP contribution in [0.3, 0.4) is 0 Å². The summed E-state index contributed by atoms with van der Waals surface area (Å²) in [6.07, 6.45) is 3.45. The topological polar surface area (TPSA) is 92.6 Å². The number of halogens is 1. The first-order chi connectivity index (χ1) is 19.8. The van der Waals surface area contributed by atoms with Crippen LogP contribution in [0.25, 0.3) is 10.9 Å². The SMILES string of the molecule is Cc1ccc(S(=O)(=O)N[C@@H](CC(=O)N/N=C\c2cn(Cc3ccc(Cl)cc3)c3ccccc23)c2ccccc2)cc1. The van der Waals surface area contributed by atoms with Crippen molar-refractivity contribution in [1.82, 2.24) is 14.7 Å². The van der Waals surface area contributed by atoms with Crippen LogP contribution >= 0.6 is 11.6 Å². The second kappa shape index (κ2) is 12.5. The standard InChI is InChI=1S/C32H29ClN4O3S/c1-23-11-17-28(18-12-23)41(39,40)36-30(25-7-3-2-4-8-25)19-32(38)35-34-20-26-22-37(31-10-6-5-9-29(26)31)21-24-13-15-27(33)16-14-24/h2-18,20,22,30,36H,19,21H2,1H3,(H,35,38)/b34-20-/t30-/m0/s1. The van der Waals surface area contributed by atoms with Gasteiger partial charge in [0.1, 0.15) is 0 Å². The van der Waals surface area contributed by atoms with Crippen molar-refractivity contribution in [3.63, 3.8) is 0 Å². The van der Waals surface area contributed by atoms with Crippen molar-refractivity contribution in [1.29, 1.82) is 0 Å². The third-order valence-corrected chi connectivity index (χ3v) is 8.44. The van der Waals surface area contributed by atoms with Gasteiger partial charge >= 0.3 is 0 Å². The molecule has 1 amide bonds. The number of carbonyl (C=O) groups is 1. The zero-order chi connectivity index (χ0) is 28.8. The highest BCUT2D eigenvalue weighted by molar-refractivity contribution is 7.89. The highest BCUT2D eigenvalue weighted by atomic mass is 35.5. The van der Waals surface area contributed by atoms with Gasteiger partial charge in [0.15, 0.2) is 0 Å². The van der Waals surface area contributed by atoms with Gasteiger partial charge in [0, 0.05) is 40.7 Å². The highest BCUT2D eigenvalue weighted by Crippen LogP contribution is 2.23. The van der Waals surface area contributed by atoms with Crippen LogP contribution in [0, 0.1) is 6.92 Å². The molecule has 2 N–H and O–H groups in total. The molecule has 0 aliphatic rings. The quantitative estimate of drug-likeness (QED) is 0.151. The van der Waals surface area contributed by atoms with Gasteiger partial charge in [0.25, 0.3) is 0 Å². The fourth-order valence-electron chi connectivity index (χ4n) is 4.59. The molecule has 0 aliphatic carbocycles. The average Bonchev–Trinajstić information content (AvgIpc) is 3.31. The number of benzene rings is 4. The van der Waals surface area contributed by atoms with E-state index in [9.17, 15) is 13.2 Å². The number of carbonyl (C=O) groups excluding carboxylic acids is 1. The Morgan fingerprint density at radius 2 is 1.61 bits per heavy atom. The zero-order valence-electron chi connectivity index (χ0n) is 22.4. The minimum Gasteiger partial charge on any atom is -0.342 e. The number of hydrogen-bond donors (Lipinski definition) is 2. The van der Waals surface area contributed by atoms with Crippen molar-refractivity contribution < 1.29 is 13.2 Å². The maximum Gasteiger partial charge on any atom is 0.242 e. The number of fused-ring (bicyclic) bond motifs is 1. The molecule has 4 aromatic carbocycles. The minimum atomic E-state index is -3.86. The van der Waals surface area contributed by atoms with Gasteiger partial charge in [-0.3, -0.25) is 4.79 Å². The maximum absolute atomic E-state index is 13.1. The fourth-order valence-corrected chi connectivity index (χ4v) is 5.94. The summed E-state index contributed by atoms with van der Waals surface area (Å²) in [5.41, 5.74) is 7.17. The number of aromatic nitrogens is 1. The number of amides is 1. The molecule has 0 unspecified atom stereocenters. The molecule has 5 aromatic rings. The Morgan fingerprint density at radius 3 is 2.34 bits per heavy atom. The normalized spacial score (nSPS) is 12.5. The van der Waals surface area contributed by atoms with Crippen molar-refractivity contribution in [2.24, 2.45) is 5.10 Å². The molecule has 41 heavy (non-hydrogen) atoms. The largest absolute Gasteiger partial charge is 0.342 e. The Kier molecular flexibility index (Phi) is 8.64. The van der Waals surface area contributed by atoms with E-state index in [0.717, 1.165) is 27.6 Å². The van der Waals surface area contributed by atoms with Gasteiger partial charge in [-0.1, -0.05) is 90.0 Å². The first kappa shape index (κ1) is 28.3. The Hall–Kier alpha value is -4.24. The molecule has 0 bridgehead atoms. The lowest BCUT2D eigenvalue weighted by molar-refractivity contribution is -0.121. The Balaban J connectivity index is 1.31. The molecular weight excluding hydrogens is 556 g/mol. The van der Waals surface area contributed by atoms with E-state index in [-0.39, 0.29) is 11.3 Å². The van der Waals surface area contributed by atoms with Crippen molar-refractivity contribution >= 4 is 44.6 Å². The van der Waals surface area contributed by atoms with Crippen LogP contribution in [0.2, 0.25) is 5.02 Å². The molecule has 1 aromatic heterocycles. The minimum absolute atomic E-state index is 0.134. The Morgan fingerprint density at radius 1 is 0.927 bits per heavy atom. The summed E-state index contributed by atoms with van der Waals surface area (Å²) in [6, 6.07) is 30.5. The molecule has 5 rings (SSSR count). The number of hydrogen-bond acceptors (Lipinski definition) is 4. The van der Waals surface area contributed by atoms with E-state index in [0.29, 0.717) is 17.1 Å². The van der Waals surface area contributed by atoms with E-state index in [2.05, 4.69) is 19.8 Å². The van der Waals surface area contributed by atoms with E-state index < -0.39 is 22.0 Å². The van der Waals surface area contributed by atoms with Gasteiger partial charge in [0.2, 0.25) is 15.9 Å². The zero-order valence-corrected chi connectivity index (χ0v) is 23.9. The van der Waals surface area contributed by atoms with E-state index in [1.54, 1.807) is 54.7 Å². The Bertz CT molecular complexity index is 1780. The van der Waals surface area contributed by atoms with E-state index in [1.165, 1.54) is 0 Å². The van der Waals surface area contributed by atoms with Crippen LogP contribution in [0.15, 0.2) is 119 Å². The summed E-state index contributed by atoms with van der Waals surface area (Å²) in [5, 5.41) is 5.88. The highest BCUT2D eigenvalue weighted by Gasteiger charge is 2.23. The predicted molar refractivity (Wildman–Crippen MR) is 164 cm³/mol. The van der Waals surface area contributed by atoms with Crippen LogP contribution in [-0.4, -0.2) is 25.1 Å². The monoisotopic (exact) mass is 584 g/mol. The molecule has 0 saturated carbocycles. The summed E-state index contributed by atoms with van der Waals surface area (Å²) in [7, 11) is -3.86. The molecule has 1 heterocycles. The van der Waals surface area contributed by atoms with Gasteiger partial charge in [-0.05, 0) is 48.4 Å². The number of nitrogens with zero attached hydrogens (tertiary/aromatic N) is 2. The molecule has 0 fully saturated rings. The van der Waals surface area contributed by atoms with Gasteiger partial charge in [-0.15, -0.1) is 0 Å². The average molecular weight is 585 g/mol. The first-order valence-corrected chi connectivity index (χ1v) is 14.9. The van der Waals surface area contributed by atoms with Crippen molar-refractivity contribution in [3.8, 4) is 0 Å². The van der Waals surface area contributed by atoms with Gasteiger partial charge < -0.3 is 4.57 Å². The first-order valence-electron chi connectivity index (χ1n) is 13.1. The van der Waals surface area contributed by atoms with Gasteiger partial charge in [-0.2, -0.15) is 5.10 Å². The number of rotatable bonds is 10. The Labute approximate surface area is 244 Å². The molecule has 1 atom stereocenters. The van der Waals surface area contributed by atoms with Gasteiger partial charge in [0.05, 0.1) is 17.2 Å². The lowest BCUT2D eigenvalue weighted by Gasteiger charge is -2.18.